The van der Waals surface area contributed by atoms with Gasteiger partial charge < -0.3 is 4.84 Å². The summed E-state index contributed by atoms with van der Waals surface area (Å²) >= 11 is 5.91. The third-order valence-corrected chi connectivity index (χ3v) is 3.72. The fourth-order valence-corrected chi connectivity index (χ4v) is 2.46. The quantitative estimate of drug-likeness (QED) is 0.839. The van der Waals surface area contributed by atoms with Crippen LogP contribution in [0.15, 0.2) is 60.7 Å². The second-order valence-corrected chi connectivity index (χ2v) is 5.37. The molecule has 1 atom stereocenters. The molecule has 1 aliphatic rings. The van der Waals surface area contributed by atoms with E-state index in [1.807, 2.05) is 42.4 Å². The van der Waals surface area contributed by atoms with Crippen LogP contribution in [0.4, 0.5) is 0 Å². The maximum Gasteiger partial charge on any atom is 0.152 e. The summed E-state index contributed by atoms with van der Waals surface area (Å²) in [7, 11) is 1.97. The monoisotopic (exact) mass is 285 g/mol. The van der Waals surface area contributed by atoms with E-state index in [1.165, 1.54) is 5.56 Å². The van der Waals surface area contributed by atoms with E-state index in [9.17, 15) is 0 Å². The van der Waals surface area contributed by atoms with E-state index >= 15 is 0 Å². The van der Waals surface area contributed by atoms with E-state index in [-0.39, 0.29) is 6.04 Å². The molecule has 2 nitrogen and oxygen atoms in total. The number of benzene rings is 2. The van der Waals surface area contributed by atoms with Crippen LogP contribution in [0.25, 0.3) is 5.76 Å². The summed E-state index contributed by atoms with van der Waals surface area (Å²) < 4.78 is 0. The zero-order valence-corrected chi connectivity index (χ0v) is 12.0. The molecule has 0 radical (unpaired) electrons. The number of rotatable bonds is 3. The van der Waals surface area contributed by atoms with Gasteiger partial charge in [0.05, 0.1) is 6.04 Å². The van der Waals surface area contributed by atoms with Gasteiger partial charge in [0, 0.05) is 17.6 Å². The van der Waals surface area contributed by atoms with Crippen LogP contribution in [-0.2, 0) is 11.3 Å². The molecule has 3 heteroatoms. The Morgan fingerprint density at radius 3 is 2.45 bits per heavy atom. The first-order valence-electron chi connectivity index (χ1n) is 6.65. The number of likely N-dealkylation sites (N-methyl/N-ethyl adjacent to an activating group) is 1. The fraction of sp³-hybridized carbons (Fsp3) is 0.176. The summed E-state index contributed by atoms with van der Waals surface area (Å²) in [6.07, 6.45) is 3.08. The van der Waals surface area contributed by atoms with E-state index in [2.05, 4.69) is 30.3 Å². The van der Waals surface area contributed by atoms with Crippen molar-refractivity contribution in [2.45, 2.75) is 12.5 Å². The molecular weight excluding hydrogens is 270 g/mol. The fourth-order valence-electron chi connectivity index (χ4n) is 2.33. The third-order valence-electron chi connectivity index (χ3n) is 3.47. The highest BCUT2D eigenvalue weighted by Crippen LogP contribution is 2.27. The van der Waals surface area contributed by atoms with Crippen LogP contribution in [0.1, 0.15) is 11.1 Å². The van der Waals surface area contributed by atoms with Gasteiger partial charge in [0.25, 0.3) is 0 Å². The molecule has 0 aliphatic carbocycles. The summed E-state index contributed by atoms with van der Waals surface area (Å²) in [4.78, 5) is 5.82. The average molecular weight is 286 g/mol. The number of hydroxylamine groups is 2. The van der Waals surface area contributed by atoms with Crippen LogP contribution in [0.3, 0.4) is 0 Å². The highest BCUT2D eigenvalue weighted by Gasteiger charge is 2.24. The van der Waals surface area contributed by atoms with Gasteiger partial charge in [-0.15, -0.1) is 5.06 Å². The Hall–Kier alpha value is -1.77. The van der Waals surface area contributed by atoms with Crippen molar-refractivity contribution in [3.63, 3.8) is 0 Å². The van der Waals surface area contributed by atoms with E-state index < -0.39 is 0 Å². The molecule has 1 heterocycles. The molecule has 0 N–H and O–H groups in total. The predicted molar refractivity (Wildman–Crippen MR) is 82.2 cm³/mol. The average Bonchev–Trinajstić information content (AvgIpc) is 2.84. The molecule has 0 bridgehead atoms. The maximum atomic E-state index is 5.91. The van der Waals surface area contributed by atoms with Crippen molar-refractivity contribution in [2.24, 2.45) is 0 Å². The standard InChI is InChI=1S/C17H16ClNO/c1-19-16(11-13-7-9-15(18)10-8-13)12-17(20-19)14-5-3-2-4-6-14/h2-10,12,16H,11H2,1H3. The zero-order valence-electron chi connectivity index (χ0n) is 11.3. The maximum absolute atomic E-state index is 5.91. The number of nitrogens with zero attached hydrogens (tertiary/aromatic N) is 1. The lowest BCUT2D eigenvalue weighted by Gasteiger charge is -2.18. The number of halogens is 1. The van der Waals surface area contributed by atoms with Crippen LogP contribution in [0, 0.1) is 0 Å². The Labute approximate surface area is 124 Å². The topological polar surface area (TPSA) is 12.5 Å². The molecule has 0 aromatic heterocycles. The van der Waals surface area contributed by atoms with Gasteiger partial charge in [-0.1, -0.05) is 54.1 Å². The minimum absolute atomic E-state index is 0.242. The summed E-state index contributed by atoms with van der Waals surface area (Å²) in [5.74, 6) is 0.923. The second-order valence-electron chi connectivity index (χ2n) is 4.93. The van der Waals surface area contributed by atoms with Crippen LogP contribution in [-0.4, -0.2) is 18.2 Å². The molecule has 102 valence electrons. The summed E-state index contributed by atoms with van der Waals surface area (Å²) in [5.41, 5.74) is 2.36. The molecule has 2 aromatic rings. The summed E-state index contributed by atoms with van der Waals surface area (Å²) in [6.45, 7) is 0. The smallest absolute Gasteiger partial charge is 0.152 e. The first-order chi connectivity index (χ1) is 9.72. The zero-order chi connectivity index (χ0) is 13.9. The van der Waals surface area contributed by atoms with E-state index in [4.69, 9.17) is 16.4 Å². The Morgan fingerprint density at radius 2 is 1.75 bits per heavy atom. The molecule has 3 rings (SSSR count). The van der Waals surface area contributed by atoms with Gasteiger partial charge in [-0.3, -0.25) is 0 Å². The van der Waals surface area contributed by atoms with Crippen molar-refractivity contribution in [2.75, 3.05) is 7.05 Å². The molecule has 20 heavy (non-hydrogen) atoms. The van der Waals surface area contributed by atoms with Crippen molar-refractivity contribution in [3.8, 4) is 0 Å². The molecule has 1 unspecified atom stereocenters. The molecule has 2 aromatic carbocycles. The molecule has 0 spiro atoms. The Kier molecular flexibility index (Phi) is 3.77. The first kappa shape index (κ1) is 13.2. The van der Waals surface area contributed by atoms with Gasteiger partial charge in [-0.25, -0.2) is 0 Å². The van der Waals surface area contributed by atoms with Crippen molar-refractivity contribution >= 4 is 17.4 Å². The lowest BCUT2D eigenvalue weighted by molar-refractivity contribution is -0.0648. The van der Waals surface area contributed by atoms with Crippen molar-refractivity contribution < 1.29 is 4.84 Å². The first-order valence-corrected chi connectivity index (χ1v) is 7.02. The summed E-state index contributed by atoms with van der Waals surface area (Å²) in [5, 5.41) is 2.67. The van der Waals surface area contributed by atoms with Crippen LogP contribution < -0.4 is 0 Å². The van der Waals surface area contributed by atoms with E-state index in [0.29, 0.717) is 0 Å². The molecule has 0 saturated heterocycles. The Morgan fingerprint density at radius 1 is 1.05 bits per heavy atom. The molecule has 0 fully saturated rings. The largest absolute Gasteiger partial charge is 0.405 e. The highest BCUT2D eigenvalue weighted by molar-refractivity contribution is 6.30. The highest BCUT2D eigenvalue weighted by atomic mass is 35.5. The molecule has 0 amide bonds. The van der Waals surface area contributed by atoms with Crippen molar-refractivity contribution in [1.82, 2.24) is 5.06 Å². The number of hydrogen-bond acceptors (Lipinski definition) is 2. The van der Waals surface area contributed by atoms with E-state index in [0.717, 1.165) is 22.8 Å². The van der Waals surface area contributed by atoms with Gasteiger partial charge >= 0.3 is 0 Å². The second kappa shape index (κ2) is 5.70. The molecule has 0 saturated carbocycles. The Bertz CT molecular complexity index is 607. The molecule has 1 aliphatic heterocycles. The van der Waals surface area contributed by atoms with Crippen molar-refractivity contribution in [3.05, 3.63) is 76.8 Å². The van der Waals surface area contributed by atoms with Crippen LogP contribution >= 0.6 is 11.6 Å². The predicted octanol–water partition coefficient (Wildman–Crippen LogP) is 4.17. The Balaban J connectivity index is 1.77. The minimum atomic E-state index is 0.242. The van der Waals surface area contributed by atoms with Crippen molar-refractivity contribution in [1.29, 1.82) is 0 Å². The SMILES string of the molecule is CN1OC(c2ccccc2)=CC1Cc1ccc(Cl)cc1. The van der Waals surface area contributed by atoms with Gasteiger partial charge in [0.15, 0.2) is 5.76 Å². The van der Waals surface area contributed by atoms with Gasteiger partial charge in [0.2, 0.25) is 0 Å². The molecular formula is C17H16ClNO. The van der Waals surface area contributed by atoms with Gasteiger partial charge in [0.1, 0.15) is 0 Å². The van der Waals surface area contributed by atoms with Crippen LogP contribution in [0.5, 0.6) is 0 Å². The lowest BCUT2D eigenvalue weighted by atomic mass is 10.0. The normalized spacial score (nSPS) is 18.7. The number of hydrogen-bond donors (Lipinski definition) is 0. The van der Waals surface area contributed by atoms with Gasteiger partial charge in [-0.05, 0) is 30.2 Å². The van der Waals surface area contributed by atoms with Gasteiger partial charge in [-0.2, -0.15) is 0 Å². The van der Waals surface area contributed by atoms with Crippen LogP contribution in [0.2, 0.25) is 5.02 Å². The lowest BCUT2D eigenvalue weighted by Crippen LogP contribution is -2.26. The third kappa shape index (κ3) is 2.87. The van der Waals surface area contributed by atoms with E-state index in [1.54, 1.807) is 0 Å². The summed E-state index contributed by atoms with van der Waals surface area (Å²) in [6, 6.07) is 18.4. The minimum Gasteiger partial charge on any atom is -0.405 e.